The van der Waals surface area contributed by atoms with Crippen LogP contribution < -0.4 is 0 Å². The van der Waals surface area contributed by atoms with E-state index < -0.39 is 30.5 Å². The van der Waals surface area contributed by atoms with Crippen molar-refractivity contribution in [2.75, 3.05) is 13.2 Å². The van der Waals surface area contributed by atoms with Gasteiger partial charge in [-0.15, -0.1) is 0 Å². The van der Waals surface area contributed by atoms with Crippen molar-refractivity contribution in [1.82, 2.24) is 0 Å². The van der Waals surface area contributed by atoms with E-state index in [1.807, 2.05) is 0 Å². The summed E-state index contributed by atoms with van der Waals surface area (Å²) >= 11 is 0. The Morgan fingerprint density at radius 2 is 0.950 bits per heavy atom. The lowest BCUT2D eigenvalue weighted by atomic mass is 9.85. The van der Waals surface area contributed by atoms with Crippen LogP contribution in [0.15, 0.2) is 0 Å². The largest absolute Gasteiger partial charge is 0.396 e. The molecule has 0 aliphatic heterocycles. The van der Waals surface area contributed by atoms with Crippen LogP contribution in [0, 0.1) is 5.41 Å². The van der Waals surface area contributed by atoms with Crippen LogP contribution in [0.1, 0.15) is 6.42 Å². The molecule has 0 spiro atoms. The minimum atomic E-state index is -6.16. The van der Waals surface area contributed by atoms with Gasteiger partial charge in [-0.05, 0) is 6.42 Å². The normalized spacial score (nSPS) is 13.5. The van der Waals surface area contributed by atoms with Crippen molar-refractivity contribution in [1.29, 1.82) is 0 Å². The molecule has 0 saturated heterocycles. The lowest BCUT2D eigenvalue weighted by Crippen LogP contribution is -2.63. The van der Waals surface area contributed by atoms with Crippen LogP contribution in [0.5, 0.6) is 0 Å². The highest BCUT2D eigenvalue weighted by Gasteiger charge is 2.79. The number of halogens is 8. The summed E-state index contributed by atoms with van der Waals surface area (Å²) in [5, 5.41) is 31.2. The number of rotatable bonds is 6. The molecule has 0 bridgehead atoms. The van der Waals surface area contributed by atoms with Gasteiger partial charge in [0.05, 0.1) is 0 Å². The van der Waals surface area contributed by atoms with Crippen LogP contribution >= 0.6 is 0 Å². The highest BCUT2D eigenvalue weighted by molar-refractivity contribution is 4.97. The SMILES string of the molecule is OC(F)(F)C(C(F)F)(C(F)F)C(O)(F)F.OCCCO. The molecule has 4 nitrogen and oxygen atoms in total. The van der Waals surface area contributed by atoms with E-state index in [1.54, 1.807) is 0 Å². The van der Waals surface area contributed by atoms with Crippen LogP contribution in [-0.4, -0.2) is 58.7 Å². The Kier molecular flexibility index (Phi) is 8.53. The van der Waals surface area contributed by atoms with Crippen molar-refractivity contribution in [3.8, 4) is 0 Å². The number of hydrogen-bond acceptors (Lipinski definition) is 4. The molecule has 4 N–H and O–H groups in total. The van der Waals surface area contributed by atoms with Crippen molar-refractivity contribution < 1.29 is 55.5 Å². The maximum Gasteiger partial charge on any atom is 0.378 e. The van der Waals surface area contributed by atoms with E-state index in [0.717, 1.165) is 0 Å². The summed E-state index contributed by atoms with van der Waals surface area (Å²) in [6, 6.07) is 0. The monoisotopic (exact) mass is 324 g/mol. The van der Waals surface area contributed by atoms with Gasteiger partial charge in [-0.3, -0.25) is 0 Å². The second-order valence-corrected chi connectivity index (χ2v) is 3.35. The summed E-state index contributed by atoms with van der Waals surface area (Å²) in [6.45, 7) is 0.188. The molecular formula is C8H12F8O4. The number of hydrogen-bond donors (Lipinski definition) is 4. The molecule has 0 heterocycles. The smallest absolute Gasteiger partial charge is 0.378 e. The molecule has 0 rings (SSSR count). The first-order valence-corrected chi connectivity index (χ1v) is 4.79. The van der Waals surface area contributed by atoms with Gasteiger partial charge in [-0.1, -0.05) is 0 Å². The highest BCUT2D eigenvalue weighted by atomic mass is 19.3. The molecule has 0 aliphatic carbocycles. The number of aliphatic hydroxyl groups excluding tert-OH is 2. The topological polar surface area (TPSA) is 80.9 Å². The maximum absolute atomic E-state index is 12.0. The average Bonchev–Trinajstić information content (AvgIpc) is 2.13. The van der Waals surface area contributed by atoms with E-state index >= 15 is 0 Å². The molecule has 0 aromatic rings. The molecule has 0 aromatic carbocycles. The van der Waals surface area contributed by atoms with Gasteiger partial charge in [0.1, 0.15) is 0 Å². The summed E-state index contributed by atoms with van der Waals surface area (Å²) in [5.74, 6) is 0. The molecular weight excluding hydrogens is 312 g/mol. The zero-order valence-electron chi connectivity index (χ0n) is 9.59. The van der Waals surface area contributed by atoms with Gasteiger partial charge in [0, 0.05) is 13.2 Å². The molecule has 0 radical (unpaired) electrons. The van der Waals surface area contributed by atoms with Gasteiger partial charge >= 0.3 is 12.2 Å². The second kappa shape index (κ2) is 7.90. The van der Waals surface area contributed by atoms with Crippen molar-refractivity contribution in [3.05, 3.63) is 0 Å². The molecule has 20 heavy (non-hydrogen) atoms. The van der Waals surface area contributed by atoms with Crippen LogP contribution in [0.3, 0.4) is 0 Å². The molecule has 0 fully saturated rings. The molecule has 0 amide bonds. The van der Waals surface area contributed by atoms with E-state index in [1.165, 1.54) is 0 Å². The van der Waals surface area contributed by atoms with Crippen molar-refractivity contribution >= 4 is 0 Å². The van der Waals surface area contributed by atoms with E-state index in [2.05, 4.69) is 0 Å². The van der Waals surface area contributed by atoms with E-state index in [9.17, 15) is 35.1 Å². The van der Waals surface area contributed by atoms with Gasteiger partial charge in [0.2, 0.25) is 0 Å². The molecule has 0 aromatic heterocycles. The zero-order chi connectivity index (χ0) is 16.8. The molecule has 12 heteroatoms. The predicted molar refractivity (Wildman–Crippen MR) is 47.6 cm³/mol. The Balaban J connectivity index is 0. The average molecular weight is 324 g/mol. The first kappa shape index (κ1) is 21.6. The van der Waals surface area contributed by atoms with Gasteiger partial charge in [0.25, 0.3) is 18.3 Å². The van der Waals surface area contributed by atoms with Gasteiger partial charge < -0.3 is 20.4 Å². The van der Waals surface area contributed by atoms with Crippen molar-refractivity contribution in [2.45, 2.75) is 31.5 Å². The number of aliphatic hydroxyl groups is 4. The minimum absolute atomic E-state index is 0.0938. The molecule has 124 valence electrons. The van der Waals surface area contributed by atoms with Gasteiger partial charge in [0.15, 0.2) is 0 Å². The lowest BCUT2D eigenvalue weighted by molar-refractivity contribution is -0.442. The summed E-state index contributed by atoms with van der Waals surface area (Å²) in [7, 11) is 0. The van der Waals surface area contributed by atoms with Crippen molar-refractivity contribution in [3.63, 3.8) is 0 Å². The first-order chi connectivity index (χ1) is 8.80. The second-order valence-electron chi connectivity index (χ2n) is 3.35. The Morgan fingerprint density at radius 3 is 0.950 bits per heavy atom. The fraction of sp³-hybridized carbons (Fsp3) is 1.00. The third-order valence-electron chi connectivity index (χ3n) is 2.00. The predicted octanol–water partition coefficient (Wildman–Crippen LogP) is 1.03. The zero-order valence-corrected chi connectivity index (χ0v) is 9.59. The highest BCUT2D eigenvalue weighted by Crippen LogP contribution is 2.53. The molecule has 0 saturated carbocycles. The van der Waals surface area contributed by atoms with Crippen LogP contribution in [0.4, 0.5) is 35.1 Å². The van der Waals surface area contributed by atoms with Gasteiger partial charge in [-0.25, -0.2) is 17.6 Å². The quantitative estimate of drug-likeness (QED) is 0.550. The Bertz CT molecular complexity index is 236. The third kappa shape index (κ3) is 4.68. The lowest BCUT2D eigenvalue weighted by Gasteiger charge is -2.37. The number of alkyl halides is 8. The maximum atomic E-state index is 12.0. The Hall–Kier alpha value is -0.720. The van der Waals surface area contributed by atoms with Gasteiger partial charge in [-0.2, -0.15) is 17.6 Å². The summed E-state index contributed by atoms with van der Waals surface area (Å²) < 4.78 is 95.3. The minimum Gasteiger partial charge on any atom is -0.396 e. The Morgan fingerprint density at radius 1 is 0.700 bits per heavy atom. The standard InChI is InChI=1S/C5H4F8O2.C3H8O2/c6-1(7)3(2(8)9,4(10,11)14)5(12,13)15;4-2-1-3-5/h1-2,14-15H;4-5H,1-3H2. The molecule has 0 atom stereocenters. The van der Waals surface area contributed by atoms with E-state index in [0.29, 0.717) is 6.42 Å². The fourth-order valence-corrected chi connectivity index (χ4v) is 0.872. The van der Waals surface area contributed by atoms with Crippen LogP contribution in [0.25, 0.3) is 0 Å². The Labute approximate surface area is 107 Å². The van der Waals surface area contributed by atoms with Crippen molar-refractivity contribution in [2.24, 2.45) is 5.41 Å². The van der Waals surface area contributed by atoms with Crippen LogP contribution in [-0.2, 0) is 0 Å². The van der Waals surface area contributed by atoms with E-state index in [-0.39, 0.29) is 13.2 Å². The summed E-state index contributed by atoms with van der Waals surface area (Å²) in [5.41, 5.74) is -5.85. The summed E-state index contributed by atoms with van der Waals surface area (Å²) in [6.07, 6.45) is -21.9. The first-order valence-electron chi connectivity index (χ1n) is 4.79. The summed E-state index contributed by atoms with van der Waals surface area (Å²) in [4.78, 5) is 0. The third-order valence-corrected chi connectivity index (χ3v) is 2.00. The molecule has 0 aliphatic rings. The fourth-order valence-electron chi connectivity index (χ4n) is 0.872. The van der Waals surface area contributed by atoms with E-state index in [4.69, 9.17) is 20.4 Å². The van der Waals surface area contributed by atoms with Crippen LogP contribution in [0.2, 0.25) is 0 Å². The molecule has 0 unspecified atom stereocenters.